The van der Waals surface area contributed by atoms with Crippen molar-refractivity contribution < 1.29 is 44.2 Å². The van der Waals surface area contributed by atoms with Crippen molar-refractivity contribution in [2.45, 2.75) is 6.92 Å². The van der Waals surface area contributed by atoms with Gasteiger partial charge in [-0.25, -0.2) is 0 Å². The fourth-order valence-corrected chi connectivity index (χ4v) is 0.777. The number of ether oxygens (including phenoxy) is 1. The molecule has 0 radical (unpaired) electrons. The molecule has 0 N–H and O–H groups in total. The molecule has 1 aromatic rings. The summed E-state index contributed by atoms with van der Waals surface area (Å²) in [6.45, 7) is 1.55. The molecule has 0 saturated carbocycles. The Morgan fingerprint density at radius 2 is 1.92 bits per heavy atom. The maximum absolute atomic E-state index is 10.0. The molecular formula is C9H9NaO3. The Labute approximate surface area is 99.0 Å². The first kappa shape index (κ1) is 12.5. The first-order valence-electron chi connectivity index (χ1n) is 3.58. The smallest absolute Gasteiger partial charge is 0.546 e. The molecule has 0 unspecified atom stereocenters. The molecule has 0 atom stereocenters. The van der Waals surface area contributed by atoms with Crippen molar-refractivity contribution in [3.63, 3.8) is 0 Å². The number of carboxylic acids is 1. The molecule has 0 aliphatic rings. The molecule has 0 heterocycles. The van der Waals surface area contributed by atoms with E-state index in [1.54, 1.807) is 12.1 Å². The van der Waals surface area contributed by atoms with Gasteiger partial charge >= 0.3 is 29.6 Å². The summed E-state index contributed by atoms with van der Waals surface area (Å²) in [6.07, 6.45) is 0. The van der Waals surface area contributed by atoms with Crippen LogP contribution in [-0.2, 0) is 4.79 Å². The van der Waals surface area contributed by atoms with Gasteiger partial charge < -0.3 is 14.6 Å². The molecule has 0 fully saturated rings. The van der Waals surface area contributed by atoms with Crippen LogP contribution in [0.2, 0.25) is 0 Å². The molecule has 1 rings (SSSR count). The summed E-state index contributed by atoms with van der Waals surface area (Å²) >= 11 is 0. The zero-order valence-corrected chi connectivity index (χ0v) is 9.74. The largest absolute Gasteiger partial charge is 1.00 e. The number of carboxylic acid groups (broad SMARTS) is 1. The molecule has 64 valence electrons. The summed E-state index contributed by atoms with van der Waals surface area (Å²) in [5.74, 6) is -0.666. The second-order valence-electron chi connectivity index (χ2n) is 2.47. The van der Waals surface area contributed by atoms with Gasteiger partial charge in [0, 0.05) is 0 Å². The predicted molar refractivity (Wildman–Crippen MR) is 41.7 cm³/mol. The molecule has 13 heavy (non-hydrogen) atoms. The fourth-order valence-electron chi connectivity index (χ4n) is 0.777. The number of hydrogen-bond donors (Lipinski definition) is 0. The van der Waals surface area contributed by atoms with Crippen LogP contribution >= 0.6 is 0 Å². The van der Waals surface area contributed by atoms with Crippen molar-refractivity contribution >= 4 is 5.97 Å². The zero-order chi connectivity index (χ0) is 8.97. The second-order valence-corrected chi connectivity index (χ2v) is 2.47. The Hall–Kier alpha value is -0.510. The first-order chi connectivity index (χ1) is 5.68. The molecule has 0 spiro atoms. The third kappa shape index (κ3) is 4.93. The van der Waals surface area contributed by atoms with E-state index in [9.17, 15) is 9.90 Å². The zero-order valence-electron chi connectivity index (χ0n) is 7.74. The topological polar surface area (TPSA) is 49.4 Å². The summed E-state index contributed by atoms with van der Waals surface area (Å²) < 4.78 is 4.86. The SMILES string of the molecule is Cc1ccc(OCC(=O)[O-])cc1.[Na+]. The molecule has 0 aliphatic heterocycles. The average molecular weight is 188 g/mol. The summed E-state index contributed by atoms with van der Waals surface area (Å²) in [4.78, 5) is 10.0. The molecule has 1 aromatic carbocycles. The van der Waals surface area contributed by atoms with E-state index < -0.39 is 12.6 Å². The Morgan fingerprint density at radius 3 is 2.38 bits per heavy atom. The first-order valence-corrected chi connectivity index (χ1v) is 3.58. The Morgan fingerprint density at radius 1 is 1.38 bits per heavy atom. The van der Waals surface area contributed by atoms with Crippen LogP contribution in [0.25, 0.3) is 0 Å². The van der Waals surface area contributed by atoms with Gasteiger partial charge in [-0.3, -0.25) is 0 Å². The third-order valence-electron chi connectivity index (χ3n) is 1.38. The van der Waals surface area contributed by atoms with Crippen LogP contribution in [0.15, 0.2) is 24.3 Å². The fraction of sp³-hybridized carbons (Fsp3) is 0.222. The number of benzene rings is 1. The number of hydrogen-bond acceptors (Lipinski definition) is 3. The minimum absolute atomic E-state index is 0. The minimum atomic E-state index is -1.21. The van der Waals surface area contributed by atoms with Crippen LogP contribution in [0.5, 0.6) is 5.75 Å². The number of aliphatic carboxylic acids is 1. The van der Waals surface area contributed by atoms with Gasteiger partial charge in [-0.2, -0.15) is 0 Å². The van der Waals surface area contributed by atoms with E-state index in [4.69, 9.17) is 4.74 Å². The molecule has 0 aliphatic carbocycles. The number of carbonyl (C=O) groups excluding carboxylic acids is 1. The van der Waals surface area contributed by atoms with E-state index >= 15 is 0 Å². The van der Waals surface area contributed by atoms with Crippen molar-refractivity contribution in [2.75, 3.05) is 6.61 Å². The molecular weight excluding hydrogens is 179 g/mol. The molecule has 0 bridgehead atoms. The van der Waals surface area contributed by atoms with Crippen molar-refractivity contribution in [1.29, 1.82) is 0 Å². The van der Waals surface area contributed by atoms with Crippen molar-refractivity contribution in [3.05, 3.63) is 29.8 Å². The maximum Gasteiger partial charge on any atom is 1.00 e. The van der Waals surface area contributed by atoms with Gasteiger partial charge in [0.15, 0.2) is 0 Å². The quantitative estimate of drug-likeness (QED) is 0.479. The van der Waals surface area contributed by atoms with Crippen LogP contribution in [0.3, 0.4) is 0 Å². The Kier molecular flexibility index (Phi) is 5.79. The molecule has 0 saturated heterocycles. The number of carbonyl (C=O) groups is 1. The van der Waals surface area contributed by atoms with Gasteiger partial charge in [0.25, 0.3) is 0 Å². The minimum Gasteiger partial charge on any atom is -0.546 e. The monoisotopic (exact) mass is 188 g/mol. The molecule has 4 heteroatoms. The average Bonchev–Trinajstić information content (AvgIpc) is 2.03. The van der Waals surface area contributed by atoms with Crippen molar-refractivity contribution in [1.82, 2.24) is 0 Å². The Bertz CT molecular complexity index is 269. The molecule has 0 amide bonds. The van der Waals surface area contributed by atoms with E-state index in [0.29, 0.717) is 5.75 Å². The predicted octanol–water partition coefficient (Wildman–Crippen LogP) is -2.87. The van der Waals surface area contributed by atoms with Gasteiger partial charge in [0.2, 0.25) is 0 Å². The van der Waals surface area contributed by atoms with Gasteiger partial charge in [0.05, 0.1) is 5.97 Å². The van der Waals surface area contributed by atoms with Gasteiger partial charge in [0.1, 0.15) is 12.4 Å². The normalized spacial score (nSPS) is 8.69. The molecule has 0 aromatic heterocycles. The van der Waals surface area contributed by atoms with E-state index in [0.717, 1.165) is 5.56 Å². The van der Waals surface area contributed by atoms with Crippen LogP contribution in [-0.4, -0.2) is 12.6 Å². The third-order valence-corrected chi connectivity index (χ3v) is 1.38. The Balaban J connectivity index is 0.00000144. The van der Waals surface area contributed by atoms with Crippen molar-refractivity contribution in [2.24, 2.45) is 0 Å². The maximum atomic E-state index is 10.0. The van der Waals surface area contributed by atoms with Gasteiger partial charge in [-0.15, -0.1) is 0 Å². The van der Waals surface area contributed by atoms with Crippen LogP contribution in [0.1, 0.15) is 5.56 Å². The molecule has 3 nitrogen and oxygen atoms in total. The van der Waals surface area contributed by atoms with E-state index in [2.05, 4.69) is 0 Å². The van der Waals surface area contributed by atoms with Crippen LogP contribution in [0.4, 0.5) is 0 Å². The number of aryl methyl sites for hydroxylation is 1. The van der Waals surface area contributed by atoms with E-state index in [1.165, 1.54) is 0 Å². The van der Waals surface area contributed by atoms with E-state index in [1.807, 2.05) is 19.1 Å². The summed E-state index contributed by atoms with van der Waals surface area (Å²) in [7, 11) is 0. The summed E-state index contributed by atoms with van der Waals surface area (Å²) in [6, 6.07) is 7.14. The summed E-state index contributed by atoms with van der Waals surface area (Å²) in [5.41, 5.74) is 1.11. The van der Waals surface area contributed by atoms with Gasteiger partial charge in [-0.1, -0.05) is 17.7 Å². The number of rotatable bonds is 3. The van der Waals surface area contributed by atoms with Crippen LogP contribution in [0, 0.1) is 6.92 Å². The second kappa shape index (κ2) is 6.02. The van der Waals surface area contributed by atoms with Gasteiger partial charge in [-0.05, 0) is 19.1 Å². The van der Waals surface area contributed by atoms with Crippen LogP contribution < -0.4 is 39.4 Å². The summed E-state index contributed by atoms with van der Waals surface area (Å²) in [5, 5.41) is 10.0. The van der Waals surface area contributed by atoms with Crippen molar-refractivity contribution in [3.8, 4) is 5.75 Å². The standard InChI is InChI=1S/C9H10O3.Na/c1-7-2-4-8(5-3-7)12-6-9(10)11;/h2-5H,6H2,1H3,(H,10,11);/q;+1/p-1. The van der Waals surface area contributed by atoms with E-state index in [-0.39, 0.29) is 29.6 Å².